The summed E-state index contributed by atoms with van der Waals surface area (Å²) in [6, 6.07) is 15.2. The molecule has 0 heterocycles. The van der Waals surface area contributed by atoms with Crippen molar-refractivity contribution in [2.75, 3.05) is 13.1 Å². The molecule has 1 unspecified atom stereocenters. The summed E-state index contributed by atoms with van der Waals surface area (Å²) in [4.78, 5) is 2.46. The third-order valence-corrected chi connectivity index (χ3v) is 4.84. The second-order valence-electron chi connectivity index (χ2n) is 6.11. The van der Waals surface area contributed by atoms with Crippen molar-refractivity contribution in [1.29, 1.82) is 0 Å². The fraction of sp³-hybridized carbons (Fsp3) is 0.474. The van der Waals surface area contributed by atoms with Gasteiger partial charge in [0.1, 0.15) is 0 Å². The molecule has 0 spiro atoms. The van der Waals surface area contributed by atoms with Gasteiger partial charge in [-0.3, -0.25) is 4.90 Å². The molecule has 1 N–H and O–H groups in total. The Labute approximate surface area is 127 Å². The summed E-state index contributed by atoms with van der Waals surface area (Å²) in [6.45, 7) is 3.97. The Bertz CT molecular complexity index is 584. The van der Waals surface area contributed by atoms with Crippen LogP contribution in [0, 0.1) is 0 Å². The lowest BCUT2D eigenvalue weighted by molar-refractivity contribution is 0.0923. The Balaban J connectivity index is 1.81. The van der Waals surface area contributed by atoms with E-state index in [9.17, 15) is 5.11 Å². The number of aliphatic hydroxyl groups is 1. The van der Waals surface area contributed by atoms with E-state index in [2.05, 4.69) is 42.2 Å². The topological polar surface area (TPSA) is 23.5 Å². The van der Waals surface area contributed by atoms with E-state index in [1.165, 1.54) is 36.5 Å². The molecule has 0 amide bonds. The quantitative estimate of drug-likeness (QED) is 0.891. The molecule has 0 aromatic heterocycles. The summed E-state index contributed by atoms with van der Waals surface area (Å²) in [5.41, 5.74) is 1.06. The number of rotatable bonds is 5. The van der Waals surface area contributed by atoms with Gasteiger partial charge in [-0.1, -0.05) is 62.2 Å². The molecule has 1 fully saturated rings. The maximum atomic E-state index is 10.7. The second-order valence-corrected chi connectivity index (χ2v) is 6.11. The predicted octanol–water partition coefficient (Wildman–Crippen LogP) is 4.14. The van der Waals surface area contributed by atoms with Gasteiger partial charge in [0, 0.05) is 12.6 Å². The van der Waals surface area contributed by atoms with Crippen molar-refractivity contribution in [2.24, 2.45) is 0 Å². The molecule has 112 valence electrons. The molecule has 1 saturated carbocycles. The Kier molecular flexibility index (Phi) is 4.57. The van der Waals surface area contributed by atoms with Crippen molar-refractivity contribution in [3.05, 3.63) is 48.0 Å². The first-order chi connectivity index (χ1) is 10.3. The highest BCUT2D eigenvalue weighted by atomic mass is 16.3. The molecule has 1 aliphatic rings. The van der Waals surface area contributed by atoms with Gasteiger partial charge >= 0.3 is 0 Å². The number of fused-ring (bicyclic) bond motifs is 1. The second kappa shape index (κ2) is 6.59. The lowest BCUT2D eigenvalue weighted by atomic mass is 9.99. The SMILES string of the molecule is CCN(CC(O)c1cccc2ccccc12)C1CCCC1. The Morgan fingerprint density at radius 3 is 2.57 bits per heavy atom. The van der Waals surface area contributed by atoms with Crippen molar-refractivity contribution in [3.63, 3.8) is 0 Å². The first-order valence-corrected chi connectivity index (χ1v) is 8.19. The predicted molar refractivity (Wildman–Crippen MR) is 88.4 cm³/mol. The van der Waals surface area contributed by atoms with Crippen molar-refractivity contribution < 1.29 is 5.11 Å². The molecule has 0 aliphatic heterocycles. The van der Waals surface area contributed by atoms with Crippen LogP contribution in [0.25, 0.3) is 10.8 Å². The number of nitrogens with zero attached hydrogens (tertiary/aromatic N) is 1. The van der Waals surface area contributed by atoms with Crippen LogP contribution in [0.15, 0.2) is 42.5 Å². The van der Waals surface area contributed by atoms with Crippen molar-refractivity contribution in [1.82, 2.24) is 4.90 Å². The van der Waals surface area contributed by atoms with Crippen LogP contribution < -0.4 is 0 Å². The zero-order chi connectivity index (χ0) is 14.7. The zero-order valence-corrected chi connectivity index (χ0v) is 12.8. The standard InChI is InChI=1S/C19H25NO/c1-2-20(16-10-4-5-11-16)14-19(21)18-13-7-9-15-8-3-6-12-17(15)18/h3,6-9,12-13,16,19,21H,2,4-5,10-11,14H2,1H3. The maximum absolute atomic E-state index is 10.7. The van der Waals surface area contributed by atoms with Crippen LogP contribution in [0.4, 0.5) is 0 Å². The van der Waals surface area contributed by atoms with E-state index in [4.69, 9.17) is 0 Å². The van der Waals surface area contributed by atoms with Gasteiger partial charge in [-0.25, -0.2) is 0 Å². The molecule has 0 radical (unpaired) electrons. The van der Waals surface area contributed by atoms with Gasteiger partial charge < -0.3 is 5.11 Å². The number of benzene rings is 2. The summed E-state index contributed by atoms with van der Waals surface area (Å²) in [7, 11) is 0. The van der Waals surface area contributed by atoms with Crippen LogP contribution in [-0.4, -0.2) is 29.1 Å². The summed E-state index contributed by atoms with van der Waals surface area (Å²) in [6.07, 6.45) is 4.85. The Morgan fingerprint density at radius 2 is 1.81 bits per heavy atom. The van der Waals surface area contributed by atoms with Crippen LogP contribution in [0.5, 0.6) is 0 Å². The van der Waals surface area contributed by atoms with Gasteiger partial charge in [-0.2, -0.15) is 0 Å². The van der Waals surface area contributed by atoms with Crippen LogP contribution >= 0.6 is 0 Å². The average Bonchev–Trinajstić information content (AvgIpc) is 3.06. The van der Waals surface area contributed by atoms with Crippen molar-refractivity contribution in [3.8, 4) is 0 Å². The van der Waals surface area contributed by atoms with Crippen molar-refractivity contribution in [2.45, 2.75) is 44.8 Å². The van der Waals surface area contributed by atoms with Gasteiger partial charge in [-0.15, -0.1) is 0 Å². The van der Waals surface area contributed by atoms with E-state index in [-0.39, 0.29) is 0 Å². The van der Waals surface area contributed by atoms with Crippen molar-refractivity contribution >= 4 is 10.8 Å². The fourth-order valence-corrected chi connectivity index (χ4v) is 3.67. The molecular weight excluding hydrogens is 258 g/mol. The molecule has 1 aliphatic carbocycles. The highest BCUT2D eigenvalue weighted by Crippen LogP contribution is 2.28. The van der Waals surface area contributed by atoms with E-state index in [1.807, 2.05) is 12.1 Å². The summed E-state index contributed by atoms with van der Waals surface area (Å²) in [5, 5.41) is 13.1. The van der Waals surface area contributed by atoms with Crippen LogP contribution in [0.1, 0.15) is 44.3 Å². The molecule has 0 saturated heterocycles. The lowest BCUT2D eigenvalue weighted by Gasteiger charge is -2.30. The molecule has 1 atom stereocenters. The van der Waals surface area contributed by atoms with E-state index in [0.717, 1.165) is 18.7 Å². The van der Waals surface area contributed by atoms with Crippen LogP contribution in [0.3, 0.4) is 0 Å². The highest BCUT2D eigenvalue weighted by molar-refractivity contribution is 5.85. The molecule has 21 heavy (non-hydrogen) atoms. The van der Waals surface area contributed by atoms with Gasteiger partial charge in [0.2, 0.25) is 0 Å². The van der Waals surface area contributed by atoms with Crippen LogP contribution in [-0.2, 0) is 0 Å². The Hall–Kier alpha value is -1.38. The van der Waals surface area contributed by atoms with Gasteiger partial charge in [0.25, 0.3) is 0 Å². The number of hydrogen-bond donors (Lipinski definition) is 1. The fourth-order valence-electron chi connectivity index (χ4n) is 3.67. The van der Waals surface area contributed by atoms with E-state index in [0.29, 0.717) is 6.04 Å². The summed E-state index contributed by atoms with van der Waals surface area (Å²) in [5.74, 6) is 0. The minimum absolute atomic E-state index is 0.406. The number of aliphatic hydroxyl groups excluding tert-OH is 1. The minimum atomic E-state index is -0.406. The highest BCUT2D eigenvalue weighted by Gasteiger charge is 2.24. The summed E-state index contributed by atoms with van der Waals surface area (Å²) < 4.78 is 0. The molecular formula is C19H25NO. The third-order valence-electron chi connectivity index (χ3n) is 4.84. The maximum Gasteiger partial charge on any atom is 0.0923 e. The number of likely N-dealkylation sites (N-methyl/N-ethyl adjacent to an activating group) is 1. The first kappa shape index (κ1) is 14.6. The smallest absolute Gasteiger partial charge is 0.0923 e. The molecule has 2 nitrogen and oxygen atoms in total. The van der Waals surface area contributed by atoms with Crippen LogP contribution in [0.2, 0.25) is 0 Å². The molecule has 2 aromatic rings. The van der Waals surface area contributed by atoms with E-state index < -0.39 is 6.10 Å². The largest absolute Gasteiger partial charge is 0.387 e. The lowest BCUT2D eigenvalue weighted by Crippen LogP contribution is -2.36. The van der Waals surface area contributed by atoms with Gasteiger partial charge in [0.05, 0.1) is 6.10 Å². The molecule has 2 heteroatoms. The van der Waals surface area contributed by atoms with E-state index >= 15 is 0 Å². The normalized spacial score (nSPS) is 17.7. The minimum Gasteiger partial charge on any atom is -0.387 e. The van der Waals surface area contributed by atoms with E-state index in [1.54, 1.807) is 0 Å². The first-order valence-electron chi connectivity index (χ1n) is 8.19. The monoisotopic (exact) mass is 283 g/mol. The summed E-state index contributed by atoms with van der Waals surface area (Å²) >= 11 is 0. The third kappa shape index (κ3) is 3.12. The van der Waals surface area contributed by atoms with Gasteiger partial charge in [-0.05, 0) is 35.7 Å². The molecule has 3 rings (SSSR count). The zero-order valence-electron chi connectivity index (χ0n) is 12.8. The van der Waals surface area contributed by atoms with Gasteiger partial charge in [0.15, 0.2) is 0 Å². The molecule has 2 aromatic carbocycles. The number of hydrogen-bond acceptors (Lipinski definition) is 2. The molecule has 0 bridgehead atoms. The Morgan fingerprint density at radius 1 is 1.10 bits per heavy atom. The average molecular weight is 283 g/mol.